The van der Waals surface area contributed by atoms with Crippen LogP contribution in [-0.4, -0.2) is 15.6 Å². The first-order valence-electron chi connectivity index (χ1n) is 9.63. The second kappa shape index (κ2) is 8.43. The van der Waals surface area contributed by atoms with E-state index in [9.17, 15) is 4.79 Å². The number of aliphatic imine (C=N–C) groups is 1. The van der Waals surface area contributed by atoms with Gasteiger partial charge >= 0.3 is 0 Å². The van der Waals surface area contributed by atoms with E-state index in [-0.39, 0.29) is 5.91 Å². The average molecular weight is 527 g/mol. The molecule has 0 aliphatic carbocycles. The summed E-state index contributed by atoms with van der Waals surface area (Å²) in [6.07, 6.45) is 1.95. The molecule has 6 heteroatoms. The SMILES string of the molecule is Cc1ccc(N=C2NC(=O)/C(=C/c3cc(C)n(-c4ccc(I)cc4)c3C)S2)cc1C. The Bertz CT molecular complexity index is 1210. The summed E-state index contributed by atoms with van der Waals surface area (Å²) in [5.41, 5.74) is 7.66. The van der Waals surface area contributed by atoms with Crippen molar-refractivity contribution >= 4 is 57.2 Å². The van der Waals surface area contributed by atoms with Crippen molar-refractivity contribution in [3.05, 3.63) is 85.1 Å². The predicted molar refractivity (Wildman–Crippen MR) is 135 cm³/mol. The number of aromatic nitrogens is 1. The maximum absolute atomic E-state index is 12.5. The molecule has 1 aliphatic rings. The Balaban J connectivity index is 1.63. The highest BCUT2D eigenvalue weighted by atomic mass is 127. The van der Waals surface area contributed by atoms with Gasteiger partial charge in [0.05, 0.1) is 10.6 Å². The Morgan fingerprint density at radius 1 is 1.00 bits per heavy atom. The number of rotatable bonds is 3. The largest absolute Gasteiger partial charge is 0.318 e. The standard InChI is InChI=1S/C24H22IN3OS/c1-14-5-8-20(11-15(14)2)26-24-27-23(29)22(30-24)13-18-12-16(3)28(17(18)4)21-9-6-19(25)7-10-21/h5-13H,1-4H3,(H,26,27,29)/b22-13-. The molecule has 0 unspecified atom stereocenters. The first kappa shape index (κ1) is 20.9. The lowest BCUT2D eigenvalue weighted by atomic mass is 10.1. The summed E-state index contributed by atoms with van der Waals surface area (Å²) in [7, 11) is 0. The fourth-order valence-electron chi connectivity index (χ4n) is 3.46. The van der Waals surface area contributed by atoms with Crippen molar-refractivity contribution in [1.29, 1.82) is 0 Å². The first-order chi connectivity index (χ1) is 14.3. The molecule has 2 aromatic carbocycles. The van der Waals surface area contributed by atoms with E-state index >= 15 is 0 Å². The molecule has 4 nitrogen and oxygen atoms in total. The summed E-state index contributed by atoms with van der Waals surface area (Å²) < 4.78 is 3.42. The predicted octanol–water partition coefficient (Wildman–Crippen LogP) is 6.21. The van der Waals surface area contributed by atoms with Crippen LogP contribution in [0.25, 0.3) is 11.8 Å². The number of amides is 1. The van der Waals surface area contributed by atoms with Gasteiger partial charge in [0.2, 0.25) is 0 Å². The highest BCUT2D eigenvalue weighted by molar-refractivity contribution is 14.1. The number of amidine groups is 1. The number of hydrogen-bond donors (Lipinski definition) is 1. The van der Waals surface area contributed by atoms with Gasteiger partial charge in [0, 0.05) is 20.6 Å². The first-order valence-corrected chi connectivity index (χ1v) is 11.5. The number of nitrogens with one attached hydrogen (secondary N) is 1. The molecular weight excluding hydrogens is 505 g/mol. The summed E-state index contributed by atoms with van der Waals surface area (Å²) in [5.74, 6) is -0.110. The van der Waals surface area contributed by atoms with E-state index in [1.165, 1.54) is 26.5 Å². The summed E-state index contributed by atoms with van der Waals surface area (Å²) in [4.78, 5) is 17.8. The minimum atomic E-state index is -0.110. The average Bonchev–Trinajstić information content (AvgIpc) is 3.18. The van der Waals surface area contributed by atoms with Crippen molar-refractivity contribution in [2.75, 3.05) is 0 Å². The second-order valence-corrected chi connectivity index (χ2v) is 9.66. The van der Waals surface area contributed by atoms with Crippen molar-refractivity contribution in [3.63, 3.8) is 0 Å². The van der Waals surface area contributed by atoms with Crippen LogP contribution in [0.15, 0.2) is 58.4 Å². The maximum atomic E-state index is 12.5. The van der Waals surface area contributed by atoms with Gasteiger partial charge in [-0.15, -0.1) is 0 Å². The van der Waals surface area contributed by atoms with Crippen LogP contribution < -0.4 is 5.32 Å². The highest BCUT2D eigenvalue weighted by Crippen LogP contribution is 2.31. The van der Waals surface area contributed by atoms with Crippen molar-refractivity contribution in [3.8, 4) is 5.69 Å². The third kappa shape index (κ3) is 4.25. The number of carbonyl (C=O) groups excluding carboxylic acids is 1. The third-order valence-corrected chi connectivity index (χ3v) is 6.84. The van der Waals surface area contributed by atoms with Crippen molar-refractivity contribution < 1.29 is 4.79 Å². The van der Waals surface area contributed by atoms with Crippen LogP contribution in [0.2, 0.25) is 0 Å². The van der Waals surface area contributed by atoms with Crippen molar-refractivity contribution in [2.45, 2.75) is 27.7 Å². The molecule has 3 aromatic rings. The maximum Gasteiger partial charge on any atom is 0.264 e. The molecule has 1 saturated heterocycles. The van der Waals surface area contributed by atoms with E-state index in [0.29, 0.717) is 10.1 Å². The van der Waals surface area contributed by atoms with Gasteiger partial charge in [-0.25, -0.2) is 4.99 Å². The van der Waals surface area contributed by atoms with Crippen molar-refractivity contribution in [1.82, 2.24) is 9.88 Å². The van der Waals surface area contributed by atoms with Crippen LogP contribution in [-0.2, 0) is 4.79 Å². The smallest absolute Gasteiger partial charge is 0.264 e. The molecule has 4 rings (SSSR count). The molecule has 0 spiro atoms. The fourth-order valence-corrected chi connectivity index (χ4v) is 4.65. The molecule has 1 aliphatic heterocycles. The van der Waals surface area contributed by atoms with Gasteiger partial charge in [-0.05, 0) is 127 Å². The van der Waals surface area contributed by atoms with E-state index in [0.717, 1.165) is 28.3 Å². The third-order valence-electron chi connectivity index (χ3n) is 5.21. The Hall–Kier alpha value is -2.32. The Labute approximate surface area is 194 Å². The van der Waals surface area contributed by atoms with Crippen LogP contribution in [0.3, 0.4) is 0 Å². The van der Waals surface area contributed by atoms with Gasteiger partial charge in [0.15, 0.2) is 5.17 Å². The van der Waals surface area contributed by atoms with Crippen LogP contribution >= 0.6 is 34.4 Å². The minimum absolute atomic E-state index is 0.110. The summed E-state index contributed by atoms with van der Waals surface area (Å²) in [6.45, 7) is 8.31. The van der Waals surface area contributed by atoms with E-state index < -0.39 is 0 Å². The highest BCUT2D eigenvalue weighted by Gasteiger charge is 2.24. The molecule has 0 saturated carbocycles. The summed E-state index contributed by atoms with van der Waals surface area (Å²) in [6, 6.07) is 16.6. The topological polar surface area (TPSA) is 46.4 Å². The number of carbonyl (C=O) groups is 1. The number of halogens is 1. The molecule has 1 fully saturated rings. The zero-order chi connectivity index (χ0) is 21.4. The molecule has 0 radical (unpaired) electrons. The van der Waals surface area contributed by atoms with Gasteiger partial charge in [-0.1, -0.05) is 6.07 Å². The molecule has 0 bridgehead atoms. The Morgan fingerprint density at radius 3 is 2.43 bits per heavy atom. The van der Waals surface area contributed by atoms with Crippen LogP contribution in [0.4, 0.5) is 5.69 Å². The zero-order valence-electron chi connectivity index (χ0n) is 17.3. The van der Waals surface area contributed by atoms with E-state index in [1.54, 1.807) is 0 Å². The molecule has 1 amide bonds. The molecule has 152 valence electrons. The van der Waals surface area contributed by atoms with Crippen LogP contribution in [0.1, 0.15) is 28.1 Å². The van der Waals surface area contributed by atoms with Crippen molar-refractivity contribution in [2.24, 2.45) is 4.99 Å². The lowest BCUT2D eigenvalue weighted by Crippen LogP contribution is -2.19. The minimum Gasteiger partial charge on any atom is -0.318 e. The normalized spacial score (nSPS) is 16.5. The van der Waals surface area contributed by atoms with Gasteiger partial charge in [0.1, 0.15) is 0 Å². The zero-order valence-corrected chi connectivity index (χ0v) is 20.3. The summed E-state index contributed by atoms with van der Waals surface area (Å²) >= 11 is 3.69. The van der Waals surface area contributed by atoms with Gasteiger partial charge in [0.25, 0.3) is 5.91 Å². The molecule has 0 atom stereocenters. The van der Waals surface area contributed by atoms with Crippen LogP contribution in [0.5, 0.6) is 0 Å². The lowest BCUT2D eigenvalue weighted by Gasteiger charge is -2.09. The molecular formula is C24H22IN3OS. The fraction of sp³-hybridized carbons (Fsp3) is 0.167. The molecule has 2 heterocycles. The quantitative estimate of drug-likeness (QED) is 0.326. The second-order valence-electron chi connectivity index (χ2n) is 7.39. The van der Waals surface area contributed by atoms with Crippen LogP contribution in [0, 0.1) is 31.3 Å². The van der Waals surface area contributed by atoms with E-state index in [2.05, 4.69) is 95.5 Å². The van der Waals surface area contributed by atoms with Gasteiger partial charge in [-0.2, -0.15) is 0 Å². The number of hydrogen-bond acceptors (Lipinski definition) is 3. The molecule has 1 aromatic heterocycles. The number of nitrogens with zero attached hydrogens (tertiary/aromatic N) is 2. The number of benzene rings is 2. The number of aryl methyl sites for hydroxylation is 3. The molecule has 1 N–H and O–H groups in total. The Morgan fingerprint density at radius 2 is 1.73 bits per heavy atom. The van der Waals surface area contributed by atoms with E-state index in [4.69, 9.17) is 0 Å². The van der Waals surface area contributed by atoms with E-state index in [1.807, 2.05) is 24.3 Å². The monoisotopic (exact) mass is 527 g/mol. The Kier molecular flexibility index (Phi) is 5.88. The summed E-state index contributed by atoms with van der Waals surface area (Å²) in [5, 5.41) is 3.50. The van der Waals surface area contributed by atoms with Gasteiger partial charge < -0.3 is 9.88 Å². The number of thioether (sulfide) groups is 1. The van der Waals surface area contributed by atoms with Gasteiger partial charge in [-0.3, -0.25) is 4.79 Å². The lowest BCUT2D eigenvalue weighted by molar-refractivity contribution is -0.115. The molecule has 30 heavy (non-hydrogen) atoms.